The van der Waals surface area contributed by atoms with E-state index in [-0.39, 0.29) is 11.7 Å². The Balaban J connectivity index is 1.64. The second kappa shape index (κ2) is 6.32. The summed E-state index contributed by atoms with van der Waals surface area (Å²) in [4.78, 5) is 12.6. The summed E-state index contributed by atoms with van der Waals surface area (Å²) in [5.74, 6) is 0.101. The van der Waals surface area contributed by atoms with Crippen molar-refractivity contribution in [1.29, 1.82) is 0 Å². The molecule has 3 heterocycles. The van der Waals surface area contributed by atoms with Gasteiger partial charge in [0.15, 0.2) is 0 Å². The number of furan rings is 2. The number of nitrogens with one attached hydrogen (secondary N) is 1. The fourth-order valence-electron chi connectivity index (χ4n) is 2.81. The molecule has 1 N–H and O–H groups in total. The summed E-state index contributed by atoms with van der Waals surface area (Å²) in [6.07, 6.45) is 3.12. The molecule has 1 amide bonds. The maximum Gasteiger partial charge on any atom is 0.268 e. The highest BCUT2D eigenvalue weighted by Crippen LogP contribution is 2.23. The van der Waals surface area contributed by atoms with E-state index in [0.29, 0.717) is 30.3 Å². The smallest absolute Gasteiger partial charge is 0.268 e. The van der Waals surface area contributed by atoms with Crippen LogP contribution in [0.1, 0.15) is 21.8 Å². The second-order valence-corrected chi connectivity index (χ2v) is 5.69. The van der Waals surface area contributed by atoms with Crippen LogP contribution in [0.15, 0.2) is 69.9 Å². The van der Waals surface area contributed by atoms with Crippen molar-refractivity contribution in [1.82, 2.24) is 9.88 Å². The number of benzene rings is 1. The van der Waals surface area contributed by atoms with Crippen molar-refractivity contribution in [3.05, 3.63) is 83.9 Å². The topological polar surface area (TPSA) is 60.3 Å². The normalized spacial score (nSPS) is 11.1. The predicted molar refractivity (Wildman–Crippen MR) is 89.6 cm³/mol. The van der Waals surface area contributed by atoms with Crippen LogP contribution in [-0.4, -0.2) is 10.5 Å². The van der Waals surface area contributed by atoms with Crippen molar-refractivity contribution in [2.75, 3.05) is 0 Å². The van der Waals surface area contributed by atoms with E-state index in [1.165, 1.54) is 12.1 Å². The first kappa shape index (κ1) is 15.3. The van der Waals surface area contributed by atoms with Gasteiger partial charge in [-0.05, 0) is 42.0 Å². The van der Waals surface area contributed by atoms with Crippen LogP contribution < -0.4 is 5.32 Å². The molecule has 4 aromatic rings. The first-order valence-electron chi connectivity index (χ1n) is 7.82. The van der Waals surface area contributed by atoms with E-state index in [2.05, 4.69) is 5.32 Å². The number of hydrogen-bond donors (Lipinski definition) is 1. The Morgan fingerprint density at radius 2 is 2.00 bits per heavy atom. The van der Waals surface area contributed by atoms with Crippen LogP contribution in [0.5, 0.6) is 0 Å². The Labute approximate surface area is 142 Å². The summed E-state index contributed by atoms with van der Waals surface area (Å²) in [5, 5.41) is 3.64. The SMILES string of the molecule is O=C(NCc1ccco1)c1cc2ccoc2n1Cc1cccc(F)c1. The third-order valence-electron chi connectivity index (χ3n) is 3.97. The minimum atomic E-state index is -0.316. The highest BCUT2D eigenvalue weighted by atomic mass is 19.1. The van der Waals surface area contributed by atoms with Crippen LogP contribution in [0, 0.1) is 5.82 Å². The molecule has 0 unspecified atom stereocenters. The molecule has 0 saturated carbocycles. The van der Waals surface area contributed by atoms with E-state index in [4.69, 9.17) is 8.83 Å². The summed E-state index contributed by atoms with van der Waals surface area (Å²) >= 11 is 0. The van der Waals surface area contributed by atoms with Crippen LogP contribution in [0.3, 0.4) is 0 Å². The summed E-state index contributed by atoms with van der Waals surface area (Å²) in [6, 6.07) is 13.4. The van der Waals surface area contributed by atoms with Gasteiger partial charge < -0.3 is 18.7 Å². The van der Waals surface area contributed by atoms with Crippen LogP contribution >= 0.6 is 0 Å². The monoisotopic (exact) mass is 338 g/mol. The average Bonchev–Trinajstić information content (AvgIpc) is 3.31. The third kappa shape index (κ3) is 3.06. The molecule has 0 saturated heterocycles. The molecule has 6 heteroatoms. The molecule has 1 aromatic carbocycles. The van der Waals surface area contributed by atoms with E-state index in [1.54, 1.807) is 47.4 Å². The molecule has 4 rings (SSSR count). The van der Waals surface area contributed by atoms with Crippen molar-refractivity contribution >= 4 is 17.0 Å². The molecule has 0 radical (unpaired) electrons. The van der Waals surface area contributed by atoms with Gasteiger partial charge in [-0.2, -0.15) is 0 Å². The minimum absolute atomic E-state index is 0.251. The zero-order valence-corrected chi connectivity index (χ0v) is 13.2. The largest absolute Gasteiger partial charge is 0.467 e. The quantitative estimate of drug-likeness (QED) is 0.599. The van der Waals surface area contributed by atoms with Gasteiger partial charge in [-0.25, -0.2) is 4.39 Å². The van der Waals surface area contributed by atoms with Gasteiger partial charge in [0.05, 0.1) is 25.6 Å². The lowest BCUT2D eigenvalue weighted by Crippen LogP contribution is -2.25. The number of hydrogen-bond acceptors (Lipinski definition) is 3. The Morgan fingerprint density at radius 3 is 2.80 bits per heavy atom. The summed E-state index contributed by atoms with van der Waals surface area (Å²) in [6.45, 7) is 0.622. The molecule has 0 aliphatic carbocycles. The zero-order chi connectivity index (χ0) is 17.2. The van der Waals surface area contributed by atoms with Crippen LogP contribution in [0.4, 0.5) is 4.39 Å². The fourth-order valence-corrected chi connectivity index (χ4v) is 2.81. The van der Waals surface area contributed by atoms with Gasteiger partial charge in [-0.3, -0.25) is 4.79 Å². The van der Waals surface area contributed by atoms with Crippen LogP contribution in [0.25, 0.3) is 11.1 Å². The number of nitrogens with zero attached hydrogens (tertiary/aromatic N) is 1. The molecule has 25 heavy (non-hydrogen) atoms. The summed E-state index contributed by atoms with van der Waals surface area (Å²) in [7, 11) is 0. The maximum atomic E-state index is 13.5. The molecular formula is C19H15FN2O3. The number of carbonyl (C=O) groups is 1. The Bertz CT molecular complexity index is 1010. The average molecular weight is 338 g/mol. The van der Waals surface area contributed by atoms with Crippen LogP contribution in [0.2, 0.25) is 0 Å². The lowest BCUT2D eigenvalue weighted by atomic mass is 10.2. The van der Waals surface area contributed by atoms with Gasteiger partial charge >= 0.3 is 0 Å². The van der Waals surface area contributed by atoms with Gasteiger partial charge in [0, 0.05) is 5.39 Å². The number of carbonyl (C=O) groups excluding carboxylic acids is 1. The van der Waals surface area contributed by atoms with E-state index in [9.17, 15) is 9.18 Å². The fraction of sp³-hybridized carbons (Fsp3) is 0.105. The summed E-state index contributed by atoms with van der Waals surface area (Å²) < 4.78 is 25.9. The molecule has 0 atom stereocenters. The first-order valence-corrected chi connectivity index (χ1v) is 7.82. The summed E-state index contributed by atoms with van der Waals surface area (Å²) in [5.41, 5.74) is 1.77. The maximum absolute atomic E-state index is 13.5. The minimum Gasteiger partial charge on any atom is -0.467 e. The molecule has 0 aliphatic heterocycles. The number of halogens is 1. The first-order chi connectivity index (χ1) is 12.2. The molecule has 0 aliphatic rings. The number of aromatic nitrogens is 1. The van der Waals surface area contributed by atoms with E-state index >= 15 is 0 Å². The molecule has 0 fully saturated rings. The molecule has 5 nitrogen and oxygen atoms in total. The Morgan fingerprint density at radius 1 is 1.08 bits per heavy atom. The number of fused-ring (bicyclic) bond motifs is 1. The standard InChI is InChI=1S/C19H15FN2O3/c20-15-4-1-3-13(9-15)12-22-17(10-14-6-8-25-19(14)22)18(23)21-11-16-5-2-7-24-16/h1-10H,11-12H2,(H,21,23). The Hall–Kier alpha value is -3.28. The van der Waals surface area contributed by atoms with E-state index in [1.807, 2.05) is 6.07 Å². The highest BCUT2D eigenvalue weighted by molar-refractivity contribution is 5.97. The number of amides is 1. The molecule has 0 spiro atoms. The lowest BCUT2D eigenvalue weighted by Gasteiger charge is -2.10. The van der Waals surface area contributed by atoms with Gasteiger partial charge in [0.2, 0.25) is 5.71 Å². The molecule has 126 valence electrons. The van der Waals surface area contributed by atoms with Crippen LogP contribution in [-0.2, 0) is 13.1 Å². The molecule has 0 bridgehead atoms. The molecule has 3 aromatic heterocycles. The van der Waals surface area contributed by atoms with Crippen molar-refractivity contribution in [3.63, 3.8) is 0 Å². The van der Waals surface area contributed by atoms with E-state index in [0.717, 1.165) is 10.9 Å². The zero-order valence-electron chi connectivity index (χ0n) is 13.2. The third-order valence-corrected chi connectivity index (χ3v) is 3.97. The number of rotatable bonds is 5. The van der Waals surface area contributed by atoms with Gasteiger partial charge in [-0.1, -0.05) is 12.1 Å². The highest BCUT2D eigenvalue weighted by Gasteiger charge is 2.18. The van der Waals surface area contributed by atoms with E-state index < -0.39 is 0 Å². The Kier molecular flexibility index (Phi) is 3.85. The van der Waals surface area contributed by atoms with Crippen molar-refractivity contribution < 1.29 is 18.0 Å². The van der Waals surface area contributed by atoms with Gasteiger partial charge in [-0.15, -0.1) is 0 Å². The predicted octanol–water partition coefficient (Wildman–Crippen LogP) is 3.94. The second-order valence-electron chi connectivity index (χ2n) is 5.69. The van der Waals surface area contributed by atoms with Gasteiger partial charge in [0.1, 0.15) is 17.3 Å². The van der Waals surface area contributed by atoms with Crippen molar-refractivity contribution in [3.8, 4) is 0 Å². The van der Waals surface area contributed by atoms with Gasteiger partial charge in [0.25, 0.3) is 5.91 Å². The lowest BCUT2D eigenvalue weighted by molar-refractivity contribution is 0.0939. The molecular weight excluding hydrogens is 323 g/mol. The van der Waals surface area contributed by atoms with Crippen molar-refractivity contribution in [2.45, 2.75) is 13.1 Å². The van der Waals surface area contributed by atoms with Crippen molar-refractivity contribution in [2.24, 2.45) is 0 Å².